The van der Waals surface area contributed by atoms with Crippen molar-refractivity contribution in [2.75, 3.05) is 36.4 Å². The van der Waals surface area contributed by atoms with Crippen molar-refractivity contribution in [1.29, 1.82) is 0 Å². The van der Waals surface area contributed by atoms with E-state index in [1.165, 1.54) is 0 Å². The van der Waals surface area contributed by atoms with E-state index >= 15 is 0 Å². The standard InChI is InChI=1S/C24H28ClN5O2/c1-17-22(24(32)30(27(17)3)21-7-5-4-6-8-21)26-23(31)18(2)28-13-15-29(16-14-28)20-11-9-19(25)10-12-20/h4-12,18H,13-16H2,1-3H3,(H,26,31). The maximum atomic E-state index is 13.1. The lowest BCUT2D eigenvalue weighted by atomic mass is 10.2. The highest BCUT2D eigenvalue weighted by Crippen LogP contribution is 2.21. The maximum absolute atomic E-state index is 13.1. The number of carbonyl (C=O) groups excluding carboxylic acids is 1. The maximum Gasteiger partial charge on any atom is 0.295 e. The van der Waals surface area contributed by atoms with Gasteiger partial charge in [0.25, 0.3) is 5.56 Å². The summed E-state index contributed by atoms with van der Waals surface area (Å²) in [7, 11) is 1.82. The molecule has 1 aromatic heterocycles. The lowest BCUT2D eigenvalue weighted by Crippen LogP contribution is -2.53. The Bertz CT molecular complexity index is 1150. The van der Waals surface area contributed by atoms with E-state index in [1.54, 1.807) is 9.36 Å². The second-order valence-electron chi connectivity index (χ2n) is 8.10. The molecule has 0 aliphatic carbocycles. The first-order valence-corrected chi connectivity index (χ1v) is 11.1. The Morgan fingerprint density at radius 3 is 2.22 bits per heavy atom. The van der Waals surface area contributed by atoms with Gasteiger partial charge < -0.3 is 10.2 Å². The van der Waals surface area contributed by atoms with Crippen LogP contribution in [0.15, 0.2) is 59.4 Å². The molecule has 7 nitrogen and oxygen atoms in total. The van der Waals surface area contributed by atoms with Gasteiger partial charge in [0.15, 0.2) is 0 Å². The molecule has 4 rings (SSSR count). The molecule has 1 unspecified atom stereocenters. The summed E-state index contributed by atoms with van der Waals surface area (Å²) in [4.78, 5) is 30.5. The van der Waals surface area contributed by atoms with Gasteiger partial charge in [-0.1, -0.05) is 29.8 Å². The molecule has 1 aliphatic heterocycles. The largest absolute Gasteiger partial charge is 0.369 e. The minimum Gasteiger partial charge on any atom is -0.369 e. The number of hydrogen-bond donors (Lipinski definition) is 1. The predicted molar refractivity (Wildman–Crippen MR) is 129 cm³/mol. The van der Waals surface area contributed by atoms with E-state index in [4.69, 9.17) is 11.6 Å². The van der Waals surface area contributed by atoms with E-state index in [-0.39, 0.29) is 17.5 Å². The molecule has 1 atom stereocenters. The van der Waals surface area contributed by atoms with Gasteiger partial charge in [-0.05, 0) is 50.2 Å². The van der Waals surface area contributed by atoms with Gasteiger partial charge >= 0.3 is 0 Å². The second-order valence-corrected chi connectivity index (χ2v) is 8.54. The van der Waals surface area contributed by atoms with Gasteiger partial charge in [0.1, 0.15) is 5.69 Å². The third-order valence-electron chi connectivity index (χ3n) is 6.24. The zero-order chi connectivity index (χ0) is 22.8. The highest BCUT2D eigenvalue weighted by molar-refractivity contribution is 6.30. The number of aromatic nitrogens is 2. The zero-order valence-electron chi connectivity index (χ0n) is 18.6. The molecule has 3 aromatic rings. The molecule has 168 valence electrons. The summed E-state index contributed by atoms with van der Waals surface area (Å²) in [6.07, 6.45) is 0. The molecule has 2 heterocycles. The highest BCUT2D eigenvalue weighted by atomic mass is 35.5. The van der Waals surface area contributed by atoms with Crippen LogP contribution in [0.4, 0.5) is 11.4 Å². The molecule has 1 amide bonds. The van der Waals surface area contributed by atoms with Crippen molar-refractivity contribution in [2.45, 2.75) is 19.9 Å². The summed E-state index contributed by atoms with van der Waals surface area (Å²) in [5.41, 5.74) is 2.70. The van der Waals surface area contributed by atoms with Crippen molar-refractivity contribution in [3.05, 3.63) is 75.7 Å². The Kier molecular flexibility index (Phi) is 6.39. The smallest absolute Gasteiger partial charge is 0.295 e. The quantitative estimate of drug-likeness (QED) is 0.644. The van der Waals surface area contributed by atoms with Crippen LogP contribution in [-0.4, -0.2) is 52.4 Å². The van der Waals surface area contributed by atoms with Crippen molar-refractivity contribution in [2.24, 2.45) is 7.05 Å². The number of halogens is 1. The minimum absolute atomic E-state index is 0.170. The van der Waals surface area contributed by atoms with Crippen LogP contribution < -0.4 is 15.8 Å². The van der Waals surface area contributed by atoms with E-state index < -0.39 is 0 Å². The van der Waals surface area contributed by atoms with Gasteiger partial charge in [-0.2, -0.15) is 0 Å². The van der Waals surface area contributed by atoms with E-state index in [2.05, 4.69) is 15.1 Å². The van der Waals surface area contributed by atoms with E-state index in [0.29, 0.717) is 11.4 Å². The van der Waals surface area contributed by atoms with Crippen molar-refractivity contribution in [3.63, 3.8) is 0 Å². The third kappa shape index (κ3) is 4.31. The van der Waals surface area contributed by atoms with Crippen LogP contribution in [0, 0.1) is 6.92 Å². The second kappa shape index (κ2) is 9.22. The first kappa shape index (κ1) is 22.2. The van der Waals surface area contributed by atoms with Gasteiger partial charge in [-0.15, -0.1) is 0 Å². The Hall–Kier alpha value is -3.03. The average molecular weight is 454 g/mol. The summed E-state index contributed by atoms with van der Waals surface area (Å²) in [6.45, 7) is 6.90. The molecule has 1 N–H and O–H groups in total. The number of rotatable bonds is 5. The zero-order valence-corrected chi connectivity index (χ0v) is 19.3. The number of anilines is 2. The fourth-order valence-electron chi connectivity index (χ4n) is 4.13. The van der Waals surface area contributed by atoms with Gasteiger partial charge in [-0.3, -0.25) is 19.2 Å². The number of benzene rings is 2. The number of amides is 1. The van der Waals surface area contributed by atoms with Crippen LogP contribution in [0.2, 0.25) is 5.02 Å². The number of nitrogens with zero attached hydrogens (tertiary/aromatic N) is 4. The molecule has 8 heteroatoms. The molecular formula is C24H28ClN5O2. The first-order chi connectivity index (χ1) is 15.4. The van der Waals surface area contributed by atoms with Gasteiger partial charge in [0.2, 0.25) is 5.91 Å². The van der Waals surface area contributed by atoms with Gasteiger partial charge in [0, 0.05) is 43.9 Å². The topological polar surface area (TPSA) is 62.5 Å². The lowest BCUT2D eigenvalue weighted by molar-refractivity contribution is -0.120. The molecule has 2 aromatic carbocycles. The fraction of sp³-hybridized carbons (Fsp3) is 0.333. The van der Waals surface area contributed by atoms with Crippen molar-refractivity contribution < 1.29 is 4.79 Å². The number of piperazine rings is 1. The van der Waals surface area contributed by atoms with Crippen LogP contribution in [0.25, 0.3) is 5.69 Å². The van der Waals surface area contributed by atoms with Gasteiger partial charge in [0.05, 0.1) is 17.4 Å². The minimum atomic E-state index is -0.341. The monoisotopic (exact) mass is 453 g/mol. The van der Waals surface area contributed by atoms with E-state index in [9.17, 15) is 9.59 Å². The Balaban J connectivity index is 1.44. The highest BCUT2D eigenvalue weighted by Gasteiger charge is 2.27. The normalized spacial score (nSPS) is 15.6. The van der Waals surface area contributed by atoms with Crippen LogP contribution in [-0.2, 0) is 11.8 Å². The van der Waals surface area contributed by atoms with Crippen LogP contribution in [0.1, 0.15) is 12.6 Å². The first-order valence-electron chi connectivity index (χ1n) is 10.8. The van der Waals surface area contributed by atoms with Crippen LogP contribution >= 0.6 is 11.6 Å². The lowest BCUT2D eigenvalue weighted by Gasteiger charge is -2.38. The number of para-hydroxylation sites is 1. The molecule has 0 saturated carbocycles. The summed E-state index contributed by atoms with van der Waals surface area (Å²) >= 11 is 5.99. The SMILES string of the molecule is Cc1c(NC(=O)C(C)N2CCN(c3ccc(Cl)cc3)CC2)c(=O)n(-c2ccccc2)n1C. The Morgan fingerprint density at radius 1 is 0.969 bits per heavy atom. The van der Waals surface area contributed by atoms with Gasteiger partial charge in [-0.25, -0.2) is 4.68 Å². The van der Waals surface area contributed by atoms with Crippen LogP contribution in [0.3, 0.4) is 0 Å². The molecule has 1 aliphatic rings. The number of nitrogens with one attached hydrogen (secondary N) is 1. The summed E-state index contributed by atoms with van der Waals surface area (Å²) in [6, 6.07) is 16.9. The predicted octanol–water partition coefficient (Wildman–Crippen LogP) is 3.29. The molecular weight excluding hydrogens is 426 g/mol. The molecule has 0 bridgehead atoms. The van der Waals surface area contributed by atoms with Crippen molar-refractivity contribution in [1.82, 2.24) is 14.3 Å². The Labute approximate surface area is 192 Å². The molecule has 1 saturated heterocycles. The van der Waals surface area contributed by atoms with E-state index in [0.717, 1.165) is 42.6 Å². The average Bonchev–Trinajstić information content (AvgIpc) is 3.02. The summed E-state index contributed by atoms with van der Waals surface area (Å²) in [5, 5.41) is 3.62. The molecule has 0 radical (unpaired) electrons. The molecule has 1 fully saturated rings. The molecule has 32 heavy (non-hydrogen) atoms. The summed E-state index contributed by atoms with van der Waals surface area (Å²) in [5.74, 6) is -0.170. The van der Waals surface area contributed by atoms with Crippen molar-refractivity contribution in [3.8, 4) is 5.69 Å². The van der Waals surface area contributed by atoms with E-state index in [1.807, 2.05) is 75.5 Å². The Morgan fingerprint density at radius 2 is 1.59 bits per heavy atom. The number of carbonyl (C=O) groups is 1. The fourth-order valence-corrected chi connectivity index (χ4v) is 4.25. The third-order valence-corrected chi connectivity index (χ3v) is 6.49. The summed E-state index contributed by atoms with van der Waals surface area (Å²) < 4.78 is 3.34. The molecule has 0 spiro atoms. The van der Waals surface area contributed by atoms with Crippen LogP contribution in [0.5, 0.6) is 0 Å². The number of hydrogen-bond acceptors (Lipinski definition) is 4. The van der Waals surface area contributed by atoms with Crippen molar-refractivity contribution >= 4 is 28.9 Å².